The highest BCUT2D eigenvalue weighted by Gasteiger charge is 2.24. The van der Waals surface area contributed by atoms with Crippen molar-refractivity contribution in [3.63, 3.8) is 0 Å². The third-order valence-corrected chi connectivity index (χ3v) is 6.37. The summed E-state index contributed by atoms with van der Waals surface area (Å²) in [4.78, 5) is 28.9. The first kappa shape index (κ1) is 26.7. The molecular formula is C25H29Cl2N5O3. The Morgan fingerprint density at radius 2 is 2.00 bits per heavy atom. The number of rotatable bonds is 6. The van der Waals surface area contributed by atoms with Crippen LogP contribution in [-0.4, -0.2) is 59.5 Å². The molecule has 1 amide bonds. The standard InChI is InChI=1S/C15H21ClN2O.C10H8ClN3O2/c1-11(13-4-3-5-14(16)10-13)17-15(19)12-6-8-18(2)9-7-12;1-16-10-3-7(8(11)4-12-10)9-2-6(5-15)13-14-9/h3-5,10-12H,6-9H2,1-2H3,(H,17,19);2-5H,1H3,(H,13,14). The van der Waals surface area contributed by atoms with Gasteiger partial charge in [0.05, 0.1) is 35.8 Å². The Kier molecular flexibility index (Phi) is 9.65. The van der Waals surface area contributed by atoms with Gasteiger partial charge in [0, 0.05) is 22.6 Å². The van der Waals surface area contributed by atoms with Gasteiger partial charge in [0.1, 0.15) is 0 Å². The number of carbonyl (C=O) groups is 2. The predicted molar refractivity (Wildman–Crippen MR) is 137 cm³/mol. The number of halogens is 2. The van der Waals surface area contributed by atoms with Crippen molar-refractivity contribution >= 4 is 35.4 Å². The second kappa shape index (κ2) is 12.7. The summed E-state index contributed by atoms with van der Waals surface area (Å²) in [5.41, 5.74) is 2.68. The average molecular weight is 518 g/mol. The number of carbonyl (C=O) groups excluding carboxylic acids is 2. The van der Waals surface area contributed by atoms with E-state index in [4.69, 9.17) is 27.9 Å². The number of pyridine rings is 1. The highest BCUT2D eigenvalue weighted by Crippen LogP contribution is 2.28. The number of nitrogens with one attached hydrogen (secondary N) is 2. The van der Waals surface area contributed by atoms with Gasteiger partial charge in [-0.05, 0) is 63.7 Å². The number of nitrogens with zero attached hydrogens (tertiary/aromatic N) is 3. The Morgan fingerprint density at radius 3 is 2.63 bits per heavy atom. The Labute approximate surface area is 215 Å². The molecule has 2 N–H and O–H groups in total. The number of aromatic amines is 1. The normalized spacial score (nSPS) is 15.0. The maximum Gasteiger partial charge on any atom is 0.223 e. The molecule has 10 heteroatoms. The fraction of sp³-hybridized carbons (Fsp3) is 0.360. The van der Waals surface area contributed by atoms with Gasteiger partial charge in [0.2, 0.25) is 11.8 Å². The minimum Gasteiger partial charge on any atom is -0.481 e. The van der Waals surface area contributed by atoms with E-state index in [0.717, 1.165) is 31.5 Å². The van der Waals surface area contributed by atoms with Crippen molar-refractivity contribution in [1.29, 1.82) is 0 Å². The number of piperidine rings is 1. The fourth-order valence-corrected chi connectivity index (χ4v) is 4.12. The molecule has 0 bridgehead atoms. The third-order valence-electron chi connectivity index (χ3n) is 5.84. The lowest BCUT2D eigenvalue weighted by Crippen LogP contribution is -2.39. The molecule has 3 heterocycles. The number of likely N-dealkylation sites (tertiary alicyclic amines) is 1. The van der Waals surface area contributed by atoms with E-state index in [1.165, 1.54) is 13.3 Å². The molecule has 8 nitrogen and oxygen atoms in total. The Bertz CT molecular complexity index is 1150. The van der Waals surface area contributed by atoms with Crippen molar-refractivity contribution in [2.45, 2.75) is 25.8 Å². The van der Waals surface area contributed by atoms with Gasteiger partial charge in [-0.25, -0.2) is 4.98 Å². The van der Waals surface area contributed by atoms with Gasteiger partial charge in [-0.1, -0.05) is 35.3 Å². The van der Waals surface area contributed by atoms with Crippen LogP contribution < -0.4 is 10.1 Å². The van der Waals surface area contributed by atoms with E-state index in [1.54, 1.807) is 12.1 Å². The van der Waals surface area contributed by atoms with Crippen LogP contribution >= 0.6 is 23.2 Å². The number of aldehydes is 1. The highest BCUT2D eigenvalue weighted by molar-refractivity contribution is 6.33. The molecular weight excluding hydrogens is 489 g/mol. The third kappa shape index (κ3) is 7.52. The zero-order valence-corrected chi connectivity index (χ0v) is 21.4. The molecule has 3 aromatic rings. The average Bonchev–Trinajstić information content (AvgIpc) is 3.34. The number of H-pyrrole nitrogens is 1. The summed E-state index contributed by atoms with van der Waals surface area (Å²) in [5, 5.41) is 10.8. The van der Waals surface area contributed by atoms with E-state index in [0.29, 0.717) is 39.2 Å². The van der Waals surface area contributed by atoms with E-state index < -0.39 is 0 Å². The molecule has 1 atom stereocenters. The summed E-state index contributed by atoms with van der Waals surface area (Å²) >= 11 is 12.0. The molecule has 1 saturated heterocycles. The van der Waals surface area contributed by atoms with Crippen molar-refractivity contribution in [1.82, 2.24) is 25.4 Å². The van der Waals surface area contributed by atoms with Crippen molar-refractivity contribution in [3.05, 3.63) is 63.9 Å². The molecule has 0 saturated carbocycles. The zero-order chi connectivity index (χ0) is 25.4. The molecule has 0 aliphatic carbocycles. The molecule has 1 aromatic carbocycles. The van der Waals surface area contributed by atoms with Crippen LogP contribution in [0.25, 0.3) is 11.3 Å². The van der Waals surface area contributed by atoms with Crippen LogP contribution in [0.2, 0.25) is 10.0 Å². The first-order valence-corrected chi connectivity index (χ1v) is 12.0. The Hall–Kier alpha value is -2.94. The molecule has 0 radical (unpaired) electrons. The summed E-state index contributed by atoms with van der Waals surface area (Å²) in [7, 11) is 3.62. The number of hydrogen-bond acceptors (Lipinski definition) is 6. The monoisotopic (exact) mass is 517 g/mol. The number of benzene rings is 1. The van der Waals surface area contributed by atoms with Crippen LogP contribution in [0.3, 0.4) is 0 Å². The van der Waals surface area contributed by atoms with E-state index in [-0.39, 0.29) is 17.9 Å². The number of amides is 1. The fourth-order valence-electron chi connectivity index (χ4n) is 3.72. The zero-order valence-electron chi connectivity index (χ0n) is 19.9. The Morgan fingerprint density at radius 1 is 1.26 bits per heavy atom. The van der Waals surface area contributed by atoms with E-state index in [9.17, 15) is 9.59 Å². The van der Waals surface area contributed by atoms with Crippen molar-refractivity contribution < 1.29 is 14.3 Å². The lowest BCUT2D eigenvalue weighted by molar-refractivity contribution is -0.127. The SMILES string of the molecule is CC(NC(=O)C1CCN(C)CC1)c1cccc(Cl)c1.COc1cc(-c2cc(C=O)[nH]n2)c(Cl)cn1. The molecule has 1 aliphatic heterocycles. The largest absolute Gasteiger partial charge is 0.481 e. The quantitative estimate of drug-likeness (QED) is 0.455. The minimum atomic E-state index is 0.00542. The molecule has 35 heavy (non-hydrogen) atoms. The van der Waals surface area contributed by atoms with Gasteiger partial charge in [-0.2, -0.15) is 5.10 Å². The summed E-state index contributed by atoms with van der Waals surface area (Å²) in [6.07, 6.45) is 4.06. The van der Waals surface area contributed by atoms with Crippen LogP contribution in [0.4, 0.5) is 0 Å². The van der Waals surface area contributed by atoms with Gasteiger partial charge in [-0.15, -0.1) is 0 Å². The number of ether oxygens (including phenoxy) is 1. The first-order valence-electron chi connectivity index (χ1n) is 11.3. The molecule has 4 rings (SSSR count). The van der Waals surface area contributed by atoms with Gasteiger partial charge >= 0.3 is 0 Å². The van der Waals surface area contributed by atoms with Crippen molar-refractivity contribution in [2.75, 3.05) is 27.2 Å². The van der Waals surface area contributed by atoms with Crippen molar-refractivity contribution in [3.8, 4) is 17.1 Å². The summed E-state index contributed by atoms with van der Waals surface area (Å²) in [6, 6.07) is 10.9. The van der Waals surface area contributed by atoms with Crippen LogP contribution in [0.5, 0.6) is 5.88 Å². The predicted octanol–water partition coefficient (Wildman–Crippen LogP) is 4.81. The summed E-state index contributed by atoms with van der Waals surface area (Å²) in [5.74, 6) is 0.758. The molecule has 1 unspecified atom stereocenters. The van der Waals surface area contributed by atoms with Crippen LogP contribution in [0.1, 0.15) is 41.9 Å². The summed E-state index contributed by atoms with van der Waals surface area (Å²) < 4.78 is 4.99. The molecule has 2 aromatic heterocycles. The molecule has 186 valence electrons. The molecule has 1 aliphatic rings. The number of hydrogen-bond donors (Lipinski definition) is 2. The second-order valence-corrected chi connectivity index (χ2v) is 9.24. The van der Waals surface area contributed by atoms with E-state index in [1.807, 2.05) is 31.2 Å². The van der Waals surface area contributed by atoms with E-state index in [2.05, 4.69) is 32.4 Å². The second-order valence-electron chi connectivity index (χ2n) is 8.40. The maximum absolute atomic E-state index is 12.2. The smallest absolute Gasteiger partial charge is 0.223 e. The maximum atomic E-state index is 12.2. The number of aromatic nitrogens is 3. The van der Waals surface area contributed by atoms with Crippen molar-refractivity contribution in [2.24, 2.45) is 5.92 Å². The summed E-state index contributed by atoms with van der Waals surface area (Å²) in [6.45, 7) is 4.01. The van der Waals surface area contributed by atoms with Crippen LogP contribution in [0.15, 0.2) is 42.6 Å². The lowest BCUT2D eigenvalue weighted by atomic mass is 9.95. The van der Waals surface area contributed by atoms with Gasteiger partial charge < -0.3 is 15.0 Å². The van der Waals surface area contributed by atoms with Gasteiger partial charge in [0.15, 0.2) is 6.29 Å². The van der Waals surface area contributed by atoms with E-state index >= 15 is 0 Å². The minimum absolute atomic E-state index is 0.00542. The lowest BCUT2D eigenvalue weighted by Gasteiger charge is -2.29. The molecule has 1 fully saturated rings. The topological polar surface area (TPSA) is 100 Å². The first-order chi connectivity index (χ1) is 16.8. The molecule has 0 spiro atoms. The van der Waals surface area contributed by atoms with Gasteiger partial charge in [0.25, 0.3) is 0 Å². The highest BCUT2D eigenvalue weighted by atomic mass is 35.5. The Balaban J connectivity index is 0.000000198. The van der Waals surface area contributed by atoms with Gasteiger partial charge in [-0.3, -0.25) is 14.7 Å². The van der Waals surface area contributed by atoms with Crippen LogP contribution in [0, 0.1) is 5.92 Å². The number of methoxy groups -OCH3 is 1. The van der Waals surface area contributed by atoms with Crippen LogP contribution in [-0.2, 0) is 4.79 Å².